The zero-order chi connectivity index (χ0) is 25.4. The zero-order valence-corrected chi connectivity index (χ0v) is 20.6. The Hall–Kier alpha value is -4.03. The molecular weight excluding hydrogens is 472 g/mol. The third kappa shape index (κ3) is 5.25. The molecule has 1 unspecified atom stereocenters. The number of hydrogen-bond acceptors (Lipinski definition) is 9. The molecule has 4 N–H and O–H groups in total. The lowest BCUT2D eigenvalue weighted by Gasteiger charge is -2.35. The molecule has 3 aromatic heterocycles. The van der Waals surface area contributed by atoms with Gasteiger partial charge < -0.3 is 20.3 Å². The summed E-state index contributed by atoms with van der Waals surface area (Å²) in [6, 6.07) is 10.5. The Balaban J connectivity index is 1.40. The van der Waals surface area contributed by atoms with Gasteiger partial charge in [-0.3, -0.25) is 9.88 Å². The molecule has 1 aromatic carbocycles. The van der Waals surface area contributed by atoms with Crippen LogP contribution in [-0.2, 0) is 0 Å². The van der Waals surface area contributed by atoms with Crippen LogP contribution in [0.4, 0.5) is 5.95 Å². The van der Waals surface area contributed by atoms with Crippen LogP contribution in [0, 0.1) is 0 Å². The molecule has 37 heavy (non-hydrogen) atoms. The Morgan fingerprint density at radius 1 is 1.16 bits per heavy atom. The average molecular weight is 503 g/mol. The van der Waals surface area contributed by atoms with Crippen molar-refractivity contribution in [2.24, 2.45) is 4.99 Å². The smallest absolute Gasteiger partial charge is 0.326 e. The van der Waals surface area contributed by atoms with Crippen molar-refractivity contribution in [3.8, 4) is 5.88 Å². The summed E-state index contributed by atoms with van der Waals surface area (Å²) < 4.78 is 1.61. The molecule has 1 saturated carbocycles. The summed E-state index contributed by atoms with van der Waals surface area (Å²) in [5.74, 6) is 0.216. The predicted octanol–water partition coefficient (Wildman–Crippen LogP) is -0.142. The van der Waals surface area contributed by atoms with Gasteiger partial charge in [0, 0.05) is 37.9 Å². The number of nitrogens with zero attached hydrogens (tertiary/aromatic N) is 7. The third-order valence-corrected chi connectivity index (χ3v) is 6.80. The van der Waals surface area contributed by atoms with Crippen molar-refractivity contribution < 1.29 is 5.11 Å². The van der Waals surface area contributed by atoms with Crippen molar-refractivity contribution in [1.82, 2.24) is 39.3 Å². The van der Waals surface area contributed by atoms with E-state index in [1.807, 2.05) is 18.2 Å². The van der Waals surface area contributed by atoms with Crippen LogP contribution in [-0.4, -0.2) is 90.3 Å². The highest BCUT2D eigenvalue weighted by atomic mass is 16.3. The van der Waals surface area contributed by atoms with E-state index in [4.69, 9.17) is 15.0 Å². The van der Waals surface area contributed by atoms with Gasteiger partial charge in [-0.05, 0) is 31.5 Å². The molecule has 0 amide bonds. The van der Waals surface area contributed by atoms with E-state index in [-0.39, 0.29) is 23.7 Å². The highest BCUT2D eigenvalue weighted by molar-refractivity contribution is 5.57. The molecule has 1 atom stereocenters. The molecule has 12 nitrogen and oxygen atoms in total. The number of imidazole rings is 1. The van der Waals surface area contributed by atoms with Gasteiger partial charge in [-0.15, -0.1) is 0 Å². The van der Waals surface area contributed by atoms with E-state index in [1.165, 1.54) is 0 Å². The van der Waals surface area contributed by atoms with Crippen LogP contribution < -0.4 is 21.8 Å². The summed E-state index contributed by atoms with van der Waals surface area (Å²) in [5, 5.41) is 18.7. The lowest BCUT2D eigenvalue weighted by molar-refractivity contribution is 0.149. The molecule has 12 heteroatoms. The molecule has 1 aliphatic heterocycles. The molecule has 1 aliphatic carbocycles. The highest BCUT2D eigenvalue weighted by Gasteiger charge is 2.23. The average Bonchev–Trinajstić information content (AvgIpc) is 3.53. The van der Waals surface area contributed by atoms with Gasteiger partial charge in [-0.25, -0.2) is 9.79 Å². The second-order valence-electron chi connectivity index (χ2n) is 9.74. The maximum absolute atomic E-state index is 11.6. The van der Waals surface area contributed by atoms with Gasteiger partial charge in [0.25, 0.3) is 5.62 Å². The number of fused-ring (bicyclic) bond motifs is 1. The Labute approximate surface area is 212 Å². The maximum Gasteiger partial charge on any atom is 0.326 e. The fraction of sp³-hybridized carbons (Fsp3) is 0.400. The van der Waals surface area contributed by atoms with E-state index < -0.39 is 5.69 Å². The number of aromatic hydroxyl groups is 1. The molecule has 2 fully saturated rings. The van der Waals surface area contributed by atoms with Crippen LogP contribution in [0.1, 0.15) is 30.1 Å². The normalized spacial score (nSPS) is 19.1. The summed E-state index contributed by atoms with van der Waals surface area (Å²) in [7, 11) is 2.15. The van der Waals surface area contributed by atoms with Gasteiger partial charge in [0.2, 0.25) is 11.8 Å². The monoisotopic (exact) mass is 502 g/mol. The zero-order valence-electron chi connectivity index (χ0n) is 20.6. The molecular formula is C25H30N10O2. The second-order valence-corrected chi connectivity index (χ2v) is 9.74. The first-order valence-electron chi connectivity index (χ1n) is 12.6. The first kappa shape index (κ1) is 23.4. The highest BCUT2D eigenvalue weighted by Crippen LogP contribution is 2.23. The molecule has 6 rings (SSSR count). The number of rotatable bonds is 7. The number of benzene rings is 1. The van der Waals surface area contributed by atoms with Crippen LogP contribution >= 0.6 is 0 Å². The van der Waals surface area contributed by atoms with Gasteiger partial charge in [-0.2, -0.15) is 19.6 Å². The Morgan fingerprint density at radius 2 is 1.95 bits per heavy atom. The summed E-state index contributed by atoms with van der Waals surface area (Å²) in [4.78, 5) is 35.6. The molecule has 192 valence electrons. The molecule has 4 aromatic rings. The lowest BCUT2D eigenvalue weighted by atomic mass is 10.1. The van der Waals surface area contributed by atoms with Crippen LogP contribution in [0.3, 0.4) is 0 Å². The van der Waals surface area contributed by atoms with E-state index in [2.05, 4.69) is 49.4 Å². The number of nitrogens with one attached hydrogen (secondary N) is 3. The van der Waals surface area contributed by atoms with Crippen molar-refractivity contribution in [1.29, 1.82) is 0 Å². The van der Waals surface area contributed by atoms with Crippen molar-refractivity contribution in [3.63, 3.8) is 0 Å². The standard InChI is InChI=1S/C25H30N10O2/c1-33-9-11-34(12-10-33)15-20(16-5-3-2-4-6-16)28-23-30-21-17(13-19-22(36)31-25(37)29-19)14-26-35(21)24(32-23)27-18-7-8-18/h2-6,13-14,18,20,36H,7-12,15H2,1H3,(H,27,28,32)(H2,29,31,37). The van der Waals surface area contributed by atoms with Crippen LogP contribution in [0.25, 0.3) is 11.7 Å². The molecule has 4 heterocycles. The summed E-state index contributed by atoms with van der Waals surface area (Å²) in [6.45, 7) is 4.90. The van der Waals surface area contributed by atoms with Crippen LogP contribution in [0.5, 0.6) is 5.88 Å². The van der Waals surface area contributed by atoms with Crippen LogP contribution in [0.15, 0.2) is 46.3 Å². The van der Waals surface area contributed by atoms with Gasteiger partial charge in [0.1, 0.15) is 5.69 Å². The molecule has 0 radical (unpaired) electrons. The minimum atomic E-state index is -0.490. The van der Waals surface area contributed by atoms with E-state index in [9.17, 15) is 9.90 Å². The number of aromatic amines is 2. The fourth-order valence-corrected chi connectivity index (χ4v) is 4.51. The number of likely N-dealkylation sites (N-methyl/N-ethyl adjacent to an activating group) is 1. The van der Waals surface area contributed by atoms with Gasteiger partial charge in [-0.1, -0.05) is 30.3 Å². The maximum atomic E-state index is 11.6. The second kappa shape index (κ2) is 9.79. The van der Waals surface area contributed by atoms with Gasteiger partial charge >= 0.3 is 5.69 Å². The first-order valence-corrected chi connectivity index (χ1v) is 12.6. The Kier molecular flexibility index (Phi) is 6.18. The topological polar surface area (TPSA) is 143 Å². The Morgan fingerprint density at radius 3 is 2.65 bits per heavy atom. The molecule has 0 spiro atoms. The van der Waals surface area contributed by atoms with Gasteiger partial charge in [0.05, 0.1) is 18.3 Å². The van der Waals surface area contributed by atoms with E-state index in [0.717, 1.165) is 51.1 Å². The van der Waals surface area contributed by atoms with Gasteiger partial charge in [0.15, 0.2) is 5.65 Å². The molecule has 2 aliphatic rings. The summed E-state index contributed by atoms with van der Waals surface area (Å²) in [5.41, 5.74) is 1.93. The number of hydrogen-bond donors (Lipinski definition) is 4. The minimum absolute atomic E-state index is 0.0266. The van der Waals surface area contributed by atoms with Crippen molar-refractivity contribution in [2.45, 2.75) is 24.9 Å². The minimum Gasteiger partial charge on any atom is -0.493 e. The SMILES string of the molecule is CN1CCN(CC(Nc2nc(=NC3CC3)n3ncc(=Cc4[nH]c(=O)[nH]c4O)c3n2)c2ccccc2)CC1. The summed E-state index contributed by atoms with van der Waals surface area (Å²) in [6.07, 6.45) is 5.32. The Bertz CT molecular complexity index is 1560. The van der Waals surface area contributed by atoms with Crippen molar-refractivity contribution >= 4 is 17.7 Å². The number of piperazine rings is 1. The molecule has 1 saturated heterocycles. The number of anilines is 1. The summed E-state index contributed by atoms with van der Waals surface area (Å²) >= 11 is 0. The quantitative estimate of drug-likeness (QED) is 0.274. The van der Waals surface area contributed by atoms with E-state index in [1.54, 1.807) is 16.8 Å². The first-order chi connectivity index (χ1) is 18.0. The van der Waals surface area contributed by atoms with E-state index in [0.29, 0.717) is 22.4 Å². The third-order valence-electron chi connectivity index (χ3n) is 6.80. The number of aromatic nitrogens is 6. The molecule has 0 bridgehead atoms. The largest absolute Gasteiger partial charge is 0.493 e. The lowest BCUT2D eigenvalue weighted by Crippen LogP contribution is -2.46. The fourth-order valence-electron chi connectivity index (χ4n) is 4.51. The number of H-pyrrole nitrogens is 2. The predicted molar refractivity (Wildman–Crippen MR) is 138 cm³/mol. The van der Waals surface area contributed by atoms with Crippen LogP contribution in [0.2, 0.25) is 0 Å². The van der Waals surface area contributed by atoms with Crippen molar-refractivity contribution in [2.75, 3.05) is 45.1 Å². The van der Waals surface area contributed by atoms with Crippen molar-refractivity contribution in [3.05, 3.63) is 69.1 Å². The van der Waals surface area contributed by atoms with E-state index >= 15 is 0 Å².